The van der Waals surface area contributed by atoms with Crippen LogP contribution in [-0.2, 0) is 4.79 Å². The van der Waals surface area contributed by atoms with Gasteiger partial charge in [-0.1, -0.05) is 18.2 Å². The molecule has 1 N–H and O–H groups in total. The summed E-state index contributed by atoms with van der Waals surface area (Å²) in [5, 5.41) is 13.7. The van der Waals surface area contributed by atoms with Crippen molar-refractivity contribution < 1.29 is 14.1 Å². The molecule has 0 radical (unpaired) electrons. The van der Waals surface area contributed by atoms with Crippen molar-refractivity contribution in [3.8, 4) is 0 Å². The molecule has 0 aromatic heterocycles. The Kier molecular flexibility index (Phi) is 5.16. The van der Waals surface area contributed by atoms with Gasteiger partial charge in [0.2, 0.25) is 5.91 Å². The maximum atomic E-state index is 13.9. The number of anilines is 2. The molecule has 0 atom stereocenters. The number of aryl methyl sites for hydroxylation is 1. The number of hydrogen-bond donors (Lipinski definition) is 1. The second kappa shape index (κ2) is 7.51. The lowest BCUT2D eigenvalue weighted by Crippen LogP contribution is -2.38. The first-order valence-corrected chi connectivity index (χ1v) is 8.51. The van der Waals surface area contributed by atoms with E-state index in [0.717, 1.165) is 5.56 Å². The third-order valence-corrected chi connectivity index (χ3v) is 4.75. The van der Waals surface area contributed by atoms with Crippen molar-refractivity contribution in [1.82, 2.24) is 0 Å². The van der Waals surface area contributed by atoms with Crippen molar-refractivity contribution in [3.63, 3.8) is 0 Å². The van der Waals surface area contributed by atoms with Crippen LogP contribution in [0.4, 0.5) is 21.5 Å². The minimum Gasteiger partial charge on any atom is -0.369 e. The van der Waals surface area contributed by atoms with E-state index >= 15 is 0 Å². The smallest absolute Gasteiger partial charge is 0.271 e. The minimum absolute atomic E-state index is 0.0553. The van der Waals surface area contributed by atoms with Crippen LogP contribution in [0.5, 0.6) is 0 Å². The number of nitro benzene ring substituents is 1. The number of benzene rings is 2. The van der Waals surface area contributed by atoms with E-state index in [1.54, 1.807) is 31.2 Å². The van der Waals surface area contributed by atoms with Gasteiger partial charge in [-0.15, -0.1) is 0 Å². The monoisotopic (exact) mass is 357 g/mol. The minimum atomic E-state index is -0.484. The zero-order chi connectivity index (χ0) is 18.7. The summed E-state index contributed by atoms with van der Waals surface area (Å²) in [6, 6.07) is 11.0. The molecule has 0 bridgehead atoms. The summed E-state index contributed by atoms with van der Waals surface area (Å²) in [7, 11) is 0. The molecule has 0 saturated carbocycles. The van der Waals surface area contributed by atoms with Crippen LogP contribution in [0.2, 0.25) is 0 Å². The number of amides is 1. The molecule has 0 aliphatic carbocycles. The summed E-state index contributed by atoms with van der Waals surface area (Å²) in [5.41, 5.74) is 1.73. The van der Waals surface area contributed by atoms with Gasteiger partial charge in [-0.2, -0.15) is 0 Å². The van der Waals surface area contributed by atoms with E-state index in [1.165, 1.54) is 18.2 Å². The molecule has 0 spiro atoms. The van der Waals surface area contributed by atoms with Crippen LogP contribution in [0.3, 0.4) is 0 Å². The summed E-state index contributed by atoms with van der Waals surface area (Å²) in [6.07, 6.45) is 1.21. The van der Waals surface area contributed by atoms with E-state index in [9.17, 15) is 19.3 Å². The van der Waals surface area contributed by atoms with Gasteiger partial charge in [0.25, 0.3) is 5.69 Å². The zero-order valence-corrected chi connectivity index (χ0v) is 14.4. The summed E-state index contributed by atoms with van der Waals surface area (Å²) in [6.45, 7) is 2.97. The first-order valence-electron chi connectivity index (χ1n) is 8.51. The Hall–Kier alpha value is -2.96. The zero-order valence-electron chi connectivity index (χ0n) is 14.4. The van der Waals surface area contributed by atoms with Gasteiger partial charge in [-0.3, -0.25) is 14.9 Å². The molecule has 1 aliphatic heterocycles. The van der Waals surface area contributed by atoms with Crippen LogP contribution in [-0.4, -0.2) is 23.9 Å². The number of nitrogens with one attached hydrogen (secondary N) is 1. The fourth-order valence-electron chi connectivity index (χ4n) is 3.18. The molecular weight excluding hydrogens is 337 g/mol. The predicted octanol–water partition coefficient (Wildman–Crippen LogP) is 3.90. The number of halogens is 1. The highest BCUT2D eigenvalue weighted by Crippen LogP contribution is 2.27. The normalized spacial score (nSPS) is 14.9. The number of non-ortho nitro benzene ring substituents is 1. The first-order chi connectivity index (χ1) is 12.5. The Morgan fingerprint density at radius 1 is 1.23 bits per heavy atom. The van der Waals surface area contributed by atoms with Gasteiger partial charge in [0.1, 0.15) is 5.82 Å². The lowest BCUT2D eigenvalue weighted by atomic mass is 9.95. The van der Waals surface area contributed by atoms with Crippen molar-refractivity contribution in [1.29, 1.82) is 0 Å². The van der Waals surface area contributed by atoms with Gasteiger partial charge in [0.05, 0.1) is 16.3 Å². The third-order valence-electron chi connectivity index (χ3n) is 4.75. The van der Waals surface area contributed by atoms with Crippen LogP contribution in [0.25, 0.3) is 0 Å². The number of para-hydroxylation sites is 1. The fraction of sp³-hybridized carbons (Fsp3) is 0.316. The number of carbonyl (C=O) groups is 1. The number of carbonyl (C=O) groups excluding carboxylic acids is 1. The quantitative estimate of drug-likeness (QED) is 0.665. The topological polar surface area (TPSA) is 75.5 Å². The van der Waals surface area contributed by atoms with Crippen LogP contribution in [0.1, 0.15) is 18.4 Å². The summed E-state index contributed by atoms with van der Waals surface area (Å²) < 4.78 is 13.9. The first kappa shape index (κ1) is 17.8. The summed E-state index contributed by atoms with van der Waals surface area (Å²) in [4.78, 5) is 24.9. The molecule has 1 heterocycles. The lowest BCUT2D eigenvalue weighted by Gasteiger charge is -2.33. The number of piperidine rings is 1. The van der Waals surface area contributed by atoms with E-state index < -0.39 is 4.92 Å². The number of hydrogen-bond acceptors (Lipinski definition) is 4. The van der Waals surface area contributed by atoms with Gasteiger partial charge in [0.15, 0.2) is 0 Å². The van der Waals surface area contributed by atoms with Crippen LogP contribution in [0, 0.1) is 28.8 Å². The number of rotatable bonds is 4. The maximum Gasteiger partial charge on any atom is 0.271 e. The van der Waals surface area contributed by atoms with Gasteiger partial charge in [-0.25, -0.2) is 4.39 Å². The van der Waals surface area contributed by atoms with Gasteiger partial charge in [-0.05, 0) is 37.5 Å². The van der Waals surface area contributed by atoms with E-state index in [2.05, 4.69) is 5.32 Å². The molecular formula is C19H20FN3O3. The second-order valence-electron chi connectivity index (χ2n) is 6.46. The highest BCUT2D eigenvalue weighted by Gasteiger charge is 2.26. The Labute approximate surface area is 150 Å². The molecule has 2 aromatic rings. The van der Waals surface area contributed by atoms with Gasteiger partial charge >= 0.3 is 0 Å². The van der Waals surface area contributed by atoms with Crippen LogP contribution < -0.4 is 10.2 Å². The fourth-order valence-corrected chi connectivity index (χ4v) is 3.18. The standard InChI is InChI=1S/C19H20FN3O3/c1-13-6-7-15(23(25)26)12-17(13)21-19(24)14-8-10-22(11-9-14)18-5-3-2-4-16(18)20/h2-7,12,14H,8-11H2,1H3,(H,21,24). The predicted molar refractivity (Wildman–Crippen MR) is 97.8 cm³/mol. The van der Waals surface area contributed by atoms with Crippen molar-refractivity contribution in [3.05, 3.63) is 64.0 Å². The van der Waals surface area contributed by atoms with Crippen molar-refractivity contribution in [2.45, 2.75) is 19.8 Å². The molecule has 0 unspecified atom stereocenters. The highest BCUT2D eigenvalue weighted by atomic mass is 19.1. The van der Waals surface area contributed by atoms with Crippen LogP contribution >= 0.6 is 0 Å². The van der Waals surface area contributed by atoms with E-state index in [1.807, 2.05) is 4.90 Å². The maximum absolute atomic E-state index is 13.9. The lowest BCUT2D eigenvalue weighted by molar-refractivity contribution is -0.384. The average Bonchev–Trinajstić information content (AvgIpc) is 2.64. The van der Waals surface area contributed by atoms with Crippen molar-refractivity contribution >= 4 is 23.0 Å². The molecule has 1 amide bonds. The Balaban J connectivity index is 1.63. The largest absolute Gasteiger partial charge is 0.369 e. The highest BCUT2D eigenvalue weighted by molar-refractivity contribution is 5.93. The molecule has 1 aliphatic rings. The van der Waals surface area contributed by atoms with Crippen LogP contribution in [0.15, 0.2) is 42.5 Å². The second-order valence-corrected chi connectivity index (χ2v) is 6.46. The molecule has 3 rings (SSSR count). The summed E-state index contributed by atoms with van der Waals surface area (Å²) in [5.74, 6) is -0.610. The van der Waals surface area contributed by atoms with E-state index in [-0.39, 0.29) is 23.3 Å². The third kappa shape index (κ3) is 3.82. The number of nitrogens with zero attached hydrogens (tertiary/aromatic N) is 2. The Morgan fingerprint density at radius 2 is 1.92 bits per heavy atom. The van der Waals surface area contributed by atoms with Gasteiger partial charge in [0, 0.05) is 31.1 Å². The molecule has 136 valence electrons. The Morgan fingerprint density at radius 3 is 2.58 bits per heavy atom. The van der Waals surface area contributed by atoms with E-state index in [4.69, 9.17) is 0 Å². The number of nitro groups is 1. The Bertz CT molecular complexity index is 833. The van der Waals surface area contributed by atoms with Gasteiger partial charge < -0.3 is 10.2 Å². The average molecular weight is 357 g/mol. The molecule has 26 heavy (non-hydrogen) atoms. The van der Waals surface area contributed by atoms with E-state index in [0.29, 0.717) is 37.3 Å². The van der Waals surface area contributed by atoms with Crippen molar-refractivity contribution in [2.24, 2.45) is 5.92 Å². The molecule has 1 saturated heterocycles. The molecule has 1 fully saturated rings. The SMILES string of the molecule is Cc1ccc([N+](=O)[O-])cc1NC(=O)C1CCN(c2ccccc2F)CC1. The molecule has 6 nitrogen and oxygen atoms in total. The summed E-state index contributed by atoms with van der Waals surface area (Å²) >= 11 is 0. The molecule has 2 aromatic carbocycles. The van der Waals surface area contributed by atoms with Crippen molar-refractivity contribution in [2.75, 3.05) is 23.3 Å². The molecule has 7 heteroatoms.